The first-order valence-corrected chi connectivity index (χ1v) is 0.454. The minimum absolute atomic E-state index is 0. The van der Waals surface area contributed by atoms with Crippen molar-refractivity contribution >= 4 is 6.08 Å². The van der Waals surface area contributed by atoms with Crippen molar-refractivity contribution in [2.75, 3.05) is 0 Å². The largest absolute Gasteiger partial charge is 1.00 e. The van der Waals surface area contributed by atoms with Crippen LogP contribution in [0.4, 0.5) is 0 Å². The summed E-state index contributed by atoms with van der Waals surface area (Å²) >= 11 is 0. The molecule has 0 aliphatic carbocycles. The van der Waals surface area contributed by atoms with Gasteiger partial charge in [-0.25, -0.2) is 10.2 Å². The molecule has 0 aromatic carbocycles. The third kappa shape index (κ3) is 74.2. The van der Waals surface area contributed by atoms with Crippen LogP contribution in [-0.4, -0.2) is 6.08 Å². The van der Waals surface area contributed by atoms with Gasteiger partial charge in [-0.1, -0.05) is 0 Å². The van der Waals surface area contributed by atoms with Gasteiger partial charge < -0.3 is 12.4 Å². The predicted octanol–water partition coefficient (Wildman–Crippen LogP) is -6.09. The van der Waals surface area contributed by atoms with E-state index in [1.165, 1.54) is 0 Å². The van der Waals surface area contributed by atoms with Crippen LogP contribution in [0.25, 0.3) is 0 Å². The maximum atomic E-state index is 8.35. The fourth-order valence-corrected chi connectivity index (χ4v) is 0. The third-order valence-corrected chi connectivity index (χ3v) is 0. The van der Waals surface area contributed by atoms with Crippen LogP contribution >= 0.6 is 0 Å². The van der Waals surface area contributed by atoms with Crippen molar-refractivity contribution in [1.29, 1.82) is 5.41 Å². The van der Waals surface area contributed by atoms with E-state index in [9.17, 15) is 0 Å². The zero-order chi connectivity index (χ0) is 2.71. The Balaban J connectivity index is -0.0000000200. The Labute approximate surface area is 58.2 Å². The number of carbonyl (C=O) groups excluding carboxylic acids is 1. The van der Waals surface area contributed by atoms with Gasteiger partial charge in [0.05, 0.1) is 0 Å². The first-order chi connectivity index (χ1) is 1.41. The topological polar surface area (TPSA) is 40.9 Å². The van der Waals surface area contributed by atoms with Crippen molar-refractivity contribution in [3.8, 4) is 0 Å². The number of halogens is 1. The molecule has 0 bridgehead atoms. The van der Waals surface area contributed by atoms with Crippen LogP contribution in [0.15, 0.2) is 0 Å². The quantitative estimate of drug-likeness (QED) is 0.184. The van der Waals surface area contributed by atoms with Crippen molar-refractivity contribution in [2.45, 2.75) is 0 Å². The minimum Gasteiger partial charge on any atom is -1.00 e. The van der Waals surface area contributed by atoms with Crippen molar-refractivity contribution in [3.63, 3.8) is 0 Å². The Morgan fingerprint density at radius 1 is 1.60 bits per heavy atom. The van der Waals surface area contributed by atoms with E-state index in [1.807, 2.05) is 0 Å². The molecule has 2 nitrogen and oxygen atoms in total. The molecule has 1 N–H and O–H groups in total. The summed E-state index contributed by atoms with van der Waals surface area (Å²) < 4.78 is 0. The molecular weight excluding hydrogens is 100 g/mol. The Kier molecular flexibility index (Phi) is 78.2. The maximum Gasteiger partial charge on any atom is 1.00 e. The van der Waals surface area contributed by atoms with E-state index in [-0.39, 0.29) is 42.0 Å². The molecule has 0 atom stereocenters. The zero-order valence-electron chi connectivity index (χ0n) is 2.79. The van der Waals surface area contributed by atoms with Gasteiger partial charge in [0.1, 0.15) is 0 Å². The van der Waals surface area contributed by atoms with Crippen LogP contribution < -0.4 is 42.0 Å². The SMILES string of the molecule is N=C=O.[Cl-].[Na+]. The third-order valence-electron chi connectivity index (χ3n) is 0. The summed E-state index contributed by atoms with van der Waals surface area (Å²) in [6, 6.07) is 0. The standard InChI is InChI=1S/CHNO.ClH.Na/c2-1-3;;/h2H;1H;/q;;+1/p-1. The molecule has 0 saturated carbocycles. The van der Waals surface area contributed by atoms with Crippen LogP contribution in [0.3, 0.4) is 0 Å². The molecule has 0 aliphatic rings. The average Bonchev–Trinajstić information content (AvgIpc) is 0.918. The molecule has 24 valence electrons. The molecule has 0 heterocycles. The second-order valence-electron chi connectivity index (χ2n) is 0.102. The fourth-order valence-electron chi connectivity index (χ4n) is 0. The molecule has 0 amide bonds. The number of hydrogen-bond acceptors (Lipinski definition) is 2. The van der Waals surface area contributed by atoms with Crippen molar-refractivity contribution in [3.05, 3.63) is 0 Å². The Hall–Kier alpha value is 0.670. The summed E-state index contributed by atoms with van der Waals surface area (Å²) in [5.41, 5.74) is 0. The van der Waals surface area contributed by atoms with E-state index in [1.54, 1.807) is 0 Å². The van der Waals surface area contributed by atoms with E-state index in [0.717, 1.165) is 6.08 Å². The van der Waals surface area contributed by atoms with Crippen molar-refractivity contribution in [2.24, 2.45) is 0 Å². The molecule has 0 aromatic heterocycles. The zero-order valence-corrected chi connectivity index (χ0v) is 5.54. The molecule has 0 aromatic rings. The van der Waals surface area contributed by atoms with Crippen LogP contribution in [0, 0.1) is 5.41 Å². The fraction of sp³-hybridized carbons (Fsp3) is 0. The Morgan fingerprint density at radius 3 is 1.60 bits per heavy atom. The molecule has 0 saturated heterocycles. The van der Waals surface area contributed by atoms with Gasteiger partial charge in [-0.2, -0.15) is 0 Å². The van der Waals surface area contributed by atoms with Gasteiger partial charge in [-0.15, -0.1) is 0 Å². The first kappa shape index (κ1) is 17.3. The van der Waals surface area contributed by atoms with E-state index in [0.29, 0.717) is 0 Å². The summed E-state index contributed by atoms with van der Waals surface area (Å²) in [5, 5.41) is 5.40. The van der Waals surface area contributed by atoms with Gasteiger partial charge >= 0.3 is 29.6 Å². The average molecular weight is 101 g/mol. The smallest absolute Gasteiger partial charge is 1.00 e. The summed E-state index contributed by atoms with van der Waals surface area (Å²) in [4.78, 5) is 8.35. The monoisotopic (exact) mass is 101 g/mol. The van der Waals surface area contributed by atoms with Crippen molar-refractivity contribution in [1.82, 2.24) is 0 Å². The van der Waals surface area contributed by atoms with Gasteiger partial charge in [0.2, 0.25) is 6.08 Å². The van der Waals surface area contributed by atoms with Crippen LogP contribution in [0.2, 0.25) is 0 Å². The van der Waals surface area contributed by atoms with Crippen molar-refractivity contribution < 1.29 is 46.8 Å². The molecule has 0 aliphatic heterocycles. The number of hydrogen-bond donors (Lipinski definition) is 1. The number of isocyanates is 1. The van der Waals surface area contributed by atoms with Crippen LogP contribution in [0.1, 0.15) is 0 Å². The van der Waals surface area contributed by atoms with Gasteiger partial charge in [-0.05, 0) is 0 Å². The molecular formula is CHClNNaO. The van der Waals surface area contributed by atoms with Gasteiger partial charge in [0.25, 0.3) is 0 Å². The predicted molar refractivity (Wildman–Crippen MR) is 8.41 cm³/mol. The Morgan fingerprint density at radius 2 is 1.60 bits per heavy atom. The molecule has 0 spiro atoms. The molecule has 0 radical (unpaired) electrons. The van der Waals surface area contributed by atoms with Gasteiger partial charge in [0.15, 0.2) is 0 Å². The second-order valence-corrected chi connectivity index (χ2v) is 0.102. The van der Waals surface area contributed by atoms with E-state index >= 15 is 0 Å². The summed E-state index contributed by atoms with van der Waals surface area (Å²) in [6.45, 7) is 0. The van der Waals surface area contributed by atoms with E-state index < -0.39 is 0 Å². The molecule has 5 heavy (non-hydrogen) atoms. The summed E-state index contributed by atoms with van der Waals surface area (Å²) in [7, 11) is 0. The molecule has 0 rings (SSSR count). The maximum absolute atomic E-state index is 8.35. The molecule has 4 heteroatoms. The summed E-state index contributed by atoms with van der Waals surface area (Å²) in [6.07, 6.45) is 0.750. The molecule has 0 unspecified atom stereocenters. The first-order valence-electron chi connectivity index (χ1n) is 0.454. The number of nitrogens with one attached hydrogen (secondary N) is 1. The van der Waals surface area contributed by atoms with Crippen LogP contribution in [-0.2, 0) is 4.79 Å². The Bertz CT molecular complexity index is 32.6. The van der Waals surface area contributed by atoms with E-state index in [2.05, 4.69) is 0 Å². The van der Waals surface area contributed by atoms with Gasteiger partial charge in [0, 0.05) is 0 Å². The second kappa shape index (κ2) is 22.6. The summed E-state index contributed by atoms with van der Waals surface area (Å²) in [5.74, 6) is 0. The van der Waals surface area contributed by atoms with Crippen LogP contribution in [0.5, 0.6) is 0 Å². The molecule has 0 fully saturated rings. The van der Waals surface area contributed by atoms with Gasteiger partial charge in [-0.3, -0.25) is 0 Å². The number of rotatable bonds is 0. The van der Waals surface area contributed by atoms with E-state index in [4.69, 9.17) is 10.2 Å². The minimum atomic E-state index is 0. The normalized spacial score (nSPS) is 1.60.